The summed E-state index contributed by atoms with van der Waals surface area (Å²) < 4.78 is 4.33. The lowest BCUT2D eigenvalue weighted by molar-refractivity contribution is -0.157. The van der Waals surface area contributed by atoms with Gasteiger partial charge in [-0.3, -0.25) is 4.79 Å². The third-order valence-electron chi connectivity index (χ3n) is 1.28. The van der Waals surface area contributed by atoms with Gasteiger partial charge in [0, 0.05) is 6.08 Å². The Hall–Kier alpha value is -1.12. The lowest BCUT2D eigenvalue weighted by Crippen LogP contribution is -2.10. The highest BCUT2D eigenvalue weighted by Crippen LogP contribution is 2.29. The van der Waals surface area contributed by atoms with Crippen LogP contribution in [-0.4, -0.2) is 11.9 Å². The Morgan fingerprint density at radius 3 is 2.50 bits per heavy atom. The van der Waals surface area contributed by atoms with Crippen molar-refractivity contribution in [2.45, 2.75) is 12.8 Å². The number of carbonyl (C=O) groups is 2. The fraction of sp³-hybridized carbons (Fsp3) is 0.429. The molecule has 3 nitrogen and oxygen atoms in total. The molecule has 1 saturated carbocycles. The van der Waals surface area contributed by atoms with Crippen molar-refractivity contribution in [3.8, 4) is 0 Å². The Bertz CT molecular complexity index is 179. The van der Waals surface area contributed by atoms with Gasteiger partial charge in [0.25, 0.3) is 0 Å². The van der Waals surface area contributed by atoms with Gasteiger partial charge in [-0.1, -0.05) is 6.58 Å². The molecule has 0 radical (unpaired) electrons. The van der Waals surface area contributed by atoms with Crippen LogP contribution >= 0.6 is 0 Å². The maximum atomic E-state index is 10.7. The first-order valence-corrected chi connectivity index (χ1v) is 3.12. The monoisotopic (exact) mass is 140 g/mol. The molecule has 0 N–H and O–H groups in total. The van der Waals surface area contributed by atoms with Gasteiger partial charge >= 0.3 is 11.9 Å². The van der Waals surface area contributed by atoms with E-state index in [-0.39, 0.29) is 5.92 Å². The highest BCUT2D eigenvalue weighted by Gasteiger charge is 2.32. The highest BCUT2D eigenvalue weighted by atomic mass is 16.6. The average molecular weight is 140 g/mol. The lowest BCUT2D eigenvalue weighted by atomic mass is 10.4. The Balaban J connectivity index is 2.29. The molecular weight excluding hydrogens is 132 g/mol. The van der Waals surface area contributed by atoms with Crippen LogP contribution in [0.1, 0.15) is 12.8 Å². The number of carbonyl (C=O) groups excluding carboxylic acids is 2. The molecule has 0 aromatic rings. The van der Waals surface area contributed by atoms with Gasteiger partial charge in [-0.2, -0.15) is 0 Å². The van der Waals surface area contributed by atoms with Crippen molar-refractivity contribution in [2.24, 2.45) is 5.92 Å². The minimum Gasteiger partial charge on any atom is -0.390 e. The molecule has 1 rings (SSSR count). The fourth-order valence-corrected chi connectivity index (χ4v) is 0.543. The summed E-state index contributed by atoms with van der Waals surface area (Å²) in [5.74, 6) is -1.09. The summed E-state index contributed by atoms with van der Waals surface area (Å²) in [6, 6.07) is 0. The van der Waals surface area contributed by atoms with Crippen molar-refractivity contribution in [1.29, 1.82) is 0 Å². The quantitative estimate of drug-likeness (QED) is 0.321. The molecule has 0 spiro atoms. The fourth-order valence-electron chi connectivity index (χ4n) is 0.543. The van der Waals surface area contributed by atoms with Crippen LogP contribution in [0, 0.1) is 5.92 Å². The predicted molar refractivity (Wildman–Crippen MR) is 34.0 cm³/mol. The van der Waals surface area contributed by atoms with Gasteiger partial charge in [0.05, 0.1) is 5.92 Å². The first kappa shape index (κ1) is 6.99. The van der Waals surface area contributed by atoms with Crippen LogP contribution in [0.3, 0.4) is 0 Å². The number of rotatable bonds is 2. The summed E-state index contributed by atoms with van der Waals surface area (Å²) in [6.45, 7) is 3.17. The molecule has 0 aliphatic heterocycles. The zero-order valence-electron chi connectivity index (χ0n) is 5.50. The first-order chi connectivity index (χ1) is 4.74. The molecule has 0 heterocycles. The van der Waals surface area contributed by atoms with Crippen LogP contribution in [0.25, 0.3) is 0 Å². The summed E-state index contributed by atoms with van der Waals surface area (Å²) in [6.07, 6.45) is 2.69. The minimum atomic E-state index is -0.656. The maximum Gasteiger partial charge on any atom is 0.337 e. The SMILES string of the molecule is C=CC(=O)OC(=O)C1CC1. The number of esters is 2. The summed E-state index contributed by atoms with van der Waals surface area (Å²) in [7, 11) is 0. The third kappa shape index (κ3) is 1.69. The van der Waals surface area contributed by atoms with Crippen molar-refractivity contribution in [3.05, 3.63) is 12.7 Å². The van der Waals surface area contributed by atoms with Crippen LogP contribution in [0.15, 0.2) is 12.7 Å². The average Bonchev–Trinajstić information content (AvgIpc) is 2.68. The molecule has 0 bridgehead atoms. The Morgan fingerprint density at radius 1 is 1.50 bits per heavy atom. The molecule has 0 saturated heterocycles. The molecule has 0 unspecified atom stereocenters. The Morgan fingerprint density at radius 2 is 2.10 bits per heavy atom. The molecule has 1 fully saturated rings. The molecule has 1 aliphatic rings. The van der Waals surface area contributed by atoms with Crippen LogP contribution in [0.5, 0.6) is 0 Å². The van der Waals surface area contributed by atoms with Gasteiger partial charge in [0.2, 0.25) is 0 Å². The predicted octanol–water partition coefficient (Wildman–Crippen LogP) is 0.652. The lowest BCUT2D eigenvalue weighted by Gasteiger charge is -1.94. The topological polar surface area (TPSA) is 43.4 Å². The normalized spacial score (nSPS) is 16.0. The van der Waals surface area contributed by atoms with Gasteiger partial charge in [-0.25, -0.2) is 4.79 Å². The van der Waals surface area contributed by atoms with Crippen LogP contribution in [0.4, 0.5) is 0 Å². The van der Waals surface area contributed by atoms with Gasteiger partial charge < -0.3 is 4.74 Å². The smallest absolute Gasteiger partial charge is 0.337 e. The van der Waals surface area contributed by atoms with E-state index < -0.39 is 11.9 Å². The van der Waals surface area contributed by atoms with Crippen molar-refractivity contribution < 1.29 is 14.3 Å². The second kappa shape index (κ2) is 2.64. The second-order valence-electron chi connectivity index (χ2n) is 2.22. The van der Waals surface area contributed by atoms with Crippen LogP contribution < -0.4 is 0 Å². The van der Waals surface area contributed by atoms with E-state index >= 15 is 0 Å². The van der Waals surface area contributed by atoms with Gasteiger partial charge in [0.1, 0.15) is 0 Å². The number of ether oxygens (including phenoxy) is 1. The zero-order chi connectivity index (χ0) is 7.56. The van der Waals surface area contributed by atoms with Crippen molar-refractivity contribution >= 4 is 11.9 Å². The highest BCUT2D eigenvalue weighted by molar-refractivity contribution is 5.93. The summed E-state index contributed by atoms with van der Waals surface area (Å²) in [5, 5.41) is 0. The summed E-state index contributed by atoms with van der Waals surface area (Å²) in [4.78, 5) is 21.1. The van der Waals surface area contributed by atoms with Crippen LogP contribution in [-0.2, 0) is 14.3 Å². The number of hydrogen-bond acceptors (Lipinski definition) is 3. The van der Waals surface area contributed by atoms with E-state index in [1.54, 1.807) is 0 Å². The van der Waals surface area contributed by atoms with E-state index in [2.05, 4.69) is 11.3 Å². The summed E-state index contributed by atoms with van der Waals surface area (Å²) in [5.41, 5.74) is 0. The molecule has 54 valence electrons. The molecule has 3 heteroatoms. The molecule has 0 amide bonds. The molecule has 10 heavy (non-hydrogen) atoms. The Labute approximate surface area is 58.7 Å². The third-order valence-corrected chi connectivity index (χ3v) is 1.28. The van der Waals surface area contributed by atoms with Gasteiger partial charge in [0.15, 0.2) is 0 Å². The molecule has 0 aromatic carbocycles. The van der Waals surface area contributed by atoms with Crippen molar-refractivity contribution in [1.82, 2.24) is 0 Å². The standard InChI is InChI=1S/C7H8O3/c1-2-6(8)10-7(9)5-3-4-5/h2,5H,1,3-4H2. The van der Waals surface area contributed by atoms with E-state index in [0.29, 0.717) is 0 Å². The minimum absolute atomic E-state index is 0.0242. The maximum absolute atomic E-state index is 10.7. The second-order valence-corrected chi connectivity index (χ2v) is 2.22. The summed E-state index contributed by atoms with van der Waals surface area (Å²) >= 11 is 0. The first-order valence-electron chi connectivity index (χ1n) is 3.12. The molecular formula is C7H8O3. The van der Waals surface area contributed by atoms with Gasteiger partial charge in [-0.15, -0.1) is 0 Å². The van der Waals surface area contributed by atoms with E-state index in [4.69, 9.17) is 0 Å². The molecule has 0 atom stereocenters. The van der Waals surface area contributed by atoms with E-state index in [0.717, 1.165) is 18.9 Å². The molecule has 0 aromatic heterocycles. The van der Waals surface area contributed by atoms with Gasteiger partial charge in [-0.05, 0) is 12.8 Å². The largest absolute Gasteiger partial charge is 0.390 e. The van der Waals surface area contributed by atoms with Crippen LogP contribution in [0.2, 0.25) is 0 Å². The van der Waals surface area contributed by atoms with Crippen molar-refractivity contribution in [3.63, 3.8) is 0 Å². The van der Waals surface area contributed by atoms with E-state index in [9.17, 15) is 9.59 Å². The number of hydrogen-bond donors (Lipinski definition) is 0. The Kier molecular flexibility index (Phi) is 1.85. The van der Waals surface area contributed by atoms with E-state index in [1.807, 2.05) is 0 Å². The van der Waals surface area contributed by atoms with Crippen molar-refractivity contribution in [2.75, 3.05) is 0 Å². The molecule has 1 aliphatic carbocycles. The van der Waals surface area contributed by atoms with E-state index in [1.165, 1.54) is 0 Å². The zero-order valence-corrected chi connectivity index (χ0v) is 5.50.